The first-order valence-electron chi connectivity index (χ1n) is 8.64. The van der Waals surface area contributed by atoms with Crippen LogP contribution in [-0.4, -0.2) is 17.6 Å². The molecule has 128 valence electrons. The topological polar surface area (TPSA) is 31.2 Å². The summed E-state index contributed by atoms with van der Waals surface area (Å²) < 4.78 is 7.25. The van der Waals surface area contributed by atoms with E-state index in [0.29, 0.717) is 5.56 Å². The van der Waals surface area contributed by atoms with Crippen LogP contribution in [0.2, 0.25) is 5.02 Å². The molecule has 0 N–H and O–H groups in total. The zero-order valence-electron chi connectivity index (χ0n) is 14.2. The molecule has 0 bridgehead atoms. The number of rotatable bonds is 3. The zero-order chi connectivity index (χ0) is 17.4. The Morgan fingerprint density at radius 2 is 1.96 bits per heavy atom. The van der Waals surface area contributed by atoms with Crippen LogP contribution in [0.25, 0.3) is 10.9 Å². The summed E-state index contributed by atoms with van der Waals surface area (Å²) in [7, 11) is 1.42. The highest BCUT2D eigenvalue weighted by atomic mass is 35.5. The maximum Gasteiger partial charge on any atom is 0.337 e. The molecule has 3 aromatic rings. The molecular weight excluding hydrogens is 334 g/mol. The number of carbonyl (C=O) groups is 1. The van der Waals surface area contributed by atoms with E-state index in [0.717, 1.165) is 30.0 Å². The summed E-state index contributed by atoms with van der Waals surface area (Å²) in [6, 6.07) is 13.9. The molecule has 0 aliphatic heterocycles. The largest absolute Gasteiger partial charge is 0.465 e. The summed E-state index contributed by atoms with van der Waals surface area (Å²) in [4.78, 5) is 11.9. The number of ether oxygens (including phenoxy) is 1. The molecule has 0 saturated carbocycles. The molecular formula is C21H20ClNO2. The van der Waals surface area contributed by atoms with Crippen molar-refractivity contribution in [3.63, 3.8) is 0 Å². The SMILES string of the molecule is COC(=O)c1ccc2c(c1)c1c(n2Cc2ccccc2Cl)CCCC1. The molecule has 0 fully saturated rings. The Kier molecular flexibility index (Phi) is 4.26. The lowest BCUT2D eigenvalue weighted by Crippen LogP contribution is -2.09. The van der Waals surface area contributed by atoms with Crippen molar-refractivity contribution < 1.29 is 9.53 Å². The molecule has 0 amide bonds. The molecule has 4 heteroatoms. The number of aryl methyl sites for hydroxylation is 1. The minimum absolute atomic E-state index is 0.287. The van der Waals surface area contributed by atoms with Crippen LogP contribution in [0.1, 0.15) is 40.0 Å². The van der Waals surface area contributed by atoms with Crippen LogP contribution >= 0.6 is 11.6 Å². The highest BCUT2D eigenvalue weighted by Gasteiger charge is 2.21. The van der Waals surface area contributed by atoms with E-state index >= 15 is 0 Å². The minimum atomic E-state index is -0.287. The Morgan fingerprint density at radius 3 is 2.76 bits per heavy atom. The van der Waals surface area contributed by atoms with Crippen molar-refractivity contribution in [3.05, 3.63) is 69.9 Å². The van der Waals surface area contributed by atoms with Crippen LogP contribution in [0.5, 0.6) is 0 Å². The standard InChI is InChI=1S/C21H20ClNO2/c1-25-21(24)14-10-11-20-17(12-14)16-7-3-5-9-19(16)23(20)13-15-6-2-4-8-18(15)22/h2,4,6,8,10-12H,3,5,7,9,13H2,1H3. The van der Waals surface area contributed by atoms with Crippen LogP contribution in [0, 0.1) is 0 Å². The quantitative estimate of drug-likeness (QED) is 0.620. The van der Waals surface area contributed by atoms with E-state index in [4.69, 9.17) is 16.3 Å². The molecule has 0 unspecified atom stereocenters. The maximum absolute atomic E-state index is 11.9. The number of benzene rings is 2. The van der Waals surface area contributed by atoms with Gasteiger partial charge in [0.2, 0.25) is 0 Å². The van der Waals surface area contributed by atoms with Gasteiger partial charge in [-0.25, -0.2) is 4.79 Å². The van der Waals surface area contributed by atoms with Gasteiger partial charge in [-0.05, 0) is 61.1 Å². The Morgan fingerprint density at radius 1 is 1.16 bits per heavy atom. The smallest absolute Gasteiger partial charge is 0.337 e. The fraction of sp³-hybridized carbons (Fsp3) is 0.286. The van der Waals surface area contributed by atoms with E-state index in [1.165, 1.54) is 42.1 Å². The van der Waals surface area contributed by atoms with Crippen molar-refractivity contribution in [1.82, 2.24) is 4.57 Å². The van der Waals surface area contributed by atoms with Gasteiger partial charge in [0.1, 0.15) is 0 Å². The summed E-state index contributed by atoms with van der Waals surface area (Å²) in [6.07, 6.45) is 4.53. The van der Waals surface area contributed by atoms with E-state index in [1.54, 1.807) is 0 Å². The second-order valence-corrected chi connectivity index (χ2v) is 6.94. The van der Waals surface area contributed by atoms with Crippen molar-refractivity contribution in [3.8, 4) is 0 Å². The van der Waals surface area contributed by atoms with Gasteiger partial charge in [0.25, 0.3) is 0 Å². The van der Waals surface area contributed by atoms with Gasteiger partial charge in [0.15, 0.2) is 0 Å². The van der Waals surface area contributed by atoms with Crippen molar-refractivity contribution in [2.75, 3.05) is 7.11 Å². The molecule has 3 nitrogen and oxygen atoms in total. The second-order valence-electron chi connectivity index (χ2n) is 6.53. The fourth-order valence-corrected chi connectivity index (χ4v) is 4.05. The highest BCUT2D eigenvalue weighted by molar-refractivity contribution is 6.31. The van der Waals surface area contributed by atoms with E-state index in [1.807, 2.05) is 36.4 Å². The van der Waals surface area contributed by atoms with Crippen LogP contribution < -0.4 is 0 Å². The number of aromatic nitrogens is 1. The molecule has 0 atom stereocenters. The number of fused-ring (bicyclic) bond motifs is 3. The third-order valence-electron chi connectivity index (χ3n) is 5.08. The number of nitrogens with zero attached hydrogens (tertiary/aromatic N) is 1. The first kappa shape index (κ1) is 16.2. The first-order chi connectivity index (χ1) is 12.2. The number of halogens is 1. The Hall–Kier alpha value is -2.26. The molecule has 0 radical (unpaired) electrons. The van der Waals surface area contributed by atoms with Gasteiger partial charge >= 0.3 is 5.97 Å². The highest BCUT2D eigenvalue weighted by Crippen LogP contribution is 2.34. The molecule has 0 saturated heterocycles. The van der Waals surface area contributed by atoms with Crippen molar-refractivity contribution >= 4 is 28.5 Å². The summed E-state index contributed by atoms with van der Waals surface area (Å²) >= 11 is 6.39. The van der Waals surface area contributed by atoms with Gasteiger partial charge in [-0.2, -0.15) is 0 Å². The number of carbonyl (C=O) groups excluding carboxylic acids is 1. The molecule has 25 heavy (non-hydrogen) atoms. The lowest BCUT2D eigenvalue weighted by atomic mass is 9.95. The maximum atomic E-state index is 11.9. The molecule has 1 aromatic heterocycles. The predicted octanol–water partition coefficient (Wildman–Crippen LogP) is 5.01. The van der Waals surface area contributed by atoms with Crippen LogP contribution in [0.3, 0.4) is 0 Å². The zero-order valence-corrected chi connectivity index (χ0v) is 15.0. The number of methoxy groups -OCH3 is 1. The number of hydrogen-bond donors (Lipinski definition) is 0. The van der Waals surface area contributed by atoms with Gasteiger partial charge in [-0.15, -0.1) is 0 Å². The van der Waals surface area contributed by atoms with E-state index in [9.17, 15) is 4.79 Å². The summed E-state index contributed by atoms with van der Waals surface area (Å²) in [5, 5.41) is 1.96. The summed E-state index contributed by atoms with van der Waals surface area (Å²) in [5.74, 6) is -0.287. The average molecular weight is 354 g/mol. The lowest BCUT2D eigenvalue weighted by Gasteiger charge is -2.16. The third-order valence-corrected chi connectivity index (χ3v) is 5.45. The Balaban J connectivity index is 1.88. The average Bonchev–Trinajstić information content (AvgIpc) is 2.96. The van der Waals surface area contributed by atoms with Gasteiger partial charge < -0.3 is 9.30 Å². The second kappa shape index (κ2) is 6.57. The third kappa shape index (κ3) is 2.83. The monoisotopic (exact) mass is 353 g/mol. The molecule has 4 rings (SSSR count). The number of hydrogen-bond acceptors (Lipinski definition) is 2. The van der Waals surface area contributed by atoms with Crippen molar-refractivity contribution in [2.24, 2.45) is 0 Å². The van der Waals surface area contributed by atoms with Crippen molar-refractivity contribution in [1.29, 1.82) is 0 Å². The predicted molar refractivity (Wildman–Crippen MR) is 100 cm³/mol. The molecule has 1 aliphatic carbocycles. The normalized spacial score (nSPS) is 13.7. The van der Waals surface area contributed by atoms with Crippen molar-refractivity contribution in [2.45, 2.75) is 32.2 Å². The van der Waals surface area contributed by atoms with Crippen LogP contribution in [-0.2, 0) is 24.1 Å². The fourth-order valence-electron chi connectivity index (χ4n) is 3.86. The first-order valence-corrected chi connectivity index (χ1v) is 9.02. The molecule has 1 aliphatic rings. The Bertz CT molecular complexity index is 958. The summed E-state index contributed by atoms with van der Waals surface area (Å²) in [5.41, 5.74) is 5.64. The lowest BCUT2D eigenvalue weighted by molar-refractivity contribution is 0.0601. The van der Waals surface area contributed by atoms with Gasteiger partial charge in [0, 0.05) is 28.2 Å². The van der Waals surface area contributed by atoms with Gasteiger partial charge in [-0.3, -0.25) is 0 Å². The number of esters is 1. The molecule has 1 heterocycles. The van der Waals surface area contributed by atoms with Crippen LogP contribution in [0.15, 0.2) is 42.5 Å². The minimum Gasteiger partial charge on any atom is -0.465 e. The van der Waals surface area contributed by atoms with Gasteiger partial charge in [-0.1, -0.05) is 29.8 Å². The summed E-state index contributed by atoms with van der Waals surface area (Å²) in [6.45, 7) is 0.753. The van der Waals surface area contributed by atoms with E-state index in [-0.39, 0.29) is 5.97 Å². The molecule has 0 spiro atoms. The van der Waals surface area contributed by atoms with Gasteiger partial charge in [0.05, 0.1) is 12.7 Å². The van der Waals surface area contributed by atoms with E-state index in [2.05, 4.69) is 10.6 Å². The van der Waals surface area contributed by atoms with E-state index < -0.39 is 0 Å². The Labute approximate surface area is 152 Å². The van der Waals surface area contributed by atoms with Crippen LogP contribution in [0.4, 0.5) is 0 Å². The molecule has 2 aromatic carbocycles.